The fourth-order valence-corrected chi connectivity index (χ4v) is 6.76. The SMILES string of the molecule is CN(C)c1cc(N(c2ccccc2)c2ccccc2)c2ccc3ccc(N(c4ccccc4)c4ccccc4)c4ccc1c2c34. The average Bonchev–Trinajstić information content (AvgIpc) is 3.10. The van der Waals surface area contributed by atoms with Gasteiger partial charge in [-0.25, -0.2) is 0 Å². The van der Waals surface area contributed by atoms with Crippen LogP contribution in [0, 0.1) is 0 Å². The molecule has 0 amide bonds. The Balaban J connectivity index is 1.47. The molecule has 3 nitrogen and oxygen atoms in total. The van der Waals surface area contributed by atoms with Crippen LogP contribution in [-0.2, 0) is 0 Å². The molecule has 0 spiro atoms. The van der Waals surface area contributed by atoms with Gasteiger partial charge in [0, 0.05) is 64.1 Å². The Morgan fingerprint density at radius 3 is 1.18 bits per heavy atom. The Bertz CT molecular complexity index is 2150. The quantitative estimate of drug-likeness (QED) is 0.174. The van der Waals surface area contributed by atoms with Crippen LogP contribution in [-0.4, -0.2) is 14.1 Å². The number of para-hydroxylation sites is 4. The fourth-order valence-electron chi connectivity index (χ4n) is 6.76. The molecule has 45 heavy (non-hydrogen) atoms. The van der Waals surface area contributed by atoms with E-state index in [0.717, 1.165) is 34.1 Å². The molecule has 0 unspecified atom stereocenters. The van der Waals surface area contributed by atoms with Crippen molar-refractivity contribution in [3.8, 4) is 0 Å². The summed E-state index contributed by atoms with van der Waals surface area (Å²) >= 11 is 0. The Kier molecular flexibility index (Phi) is 6.57. The first kappa shape index (κ1) is 26.8. The molecule has 216 valence electrons. The summed E-state index contributed by atoms with van der Waals surface area (Å²) < 4.78 is 0. The second-order valence-electron chi connectivity index (χ2n) is 11.7. The molecule has 0 atom stereocenters. The number of nitrogens with zero attached hydrogens (tertiary/aromatic N) is 3. The number of rotatable bonds is 7. The van der Waals surface area contributed by atoms with Crippen molar-refractivity contribution in [1.82, 2.24) is 0 Å². The molecular formula is C42H33N3. The van der Waals surface area contributed by atoms with Crippen LogP contribution in [0.1, 0.15) is 0 Å². The molecule has 0 heterocycles. The molecule has 0 aliphatic heterocycles. The van der Waals surface area contributed by atoms with E-state index in [4.69, 9.17) is 0 Å². The van der Waals surface area contributed by atoms with E-state index < -0.39 is 0 Å². The van der Waals surface area contributed by atoms with Crippen molar-refractivity contribution < 1.29 is 0 Å². The van der Waals surface area contributed by atoms with E-state index >= 15 is 0 Å². The normalized spacial score (nSPS) is 11.3. The molecule has 0 saturated heterocycles. The molecule has 3 heteroatoms. The van der Waals surface area contributed by atoms with Crippen molar-refractivity contribution in [3.63, 3.8) is 0 Å². The molecule has 0 radical (unpaired) electrons. The highest BCUT2D eigenvalue weighted by atomic mass is 15.2. The van der Waals surface area contributed by atoms with Crippen LogP contribution in [0.25, 0.3) is 32.3 Å². The zero-order valence-electron chi connectivity index (χ0n) is 25.4. The predicted molar refractivity (Wildman–Crippen MR) is 194 cm³/mol. The van der Waals surface area contributed by atoms with E-state index in [1.807, 2.05) is 0 Å². The van der Waals surface area contributed by atoms with Gasteiger partial charge in [0.05, 0.1) is 11.4 Å². The largest absolute Gasteiger partial charge is 0.377 e. The maximum atomic E-state index is 2.39. The summed E-state index contributed by atoms with van der Waals surface area (Å²) in [7, 11) is 4.28. The number of hydrogen-bond donors (Lipinski definition) is 0. The lowest BCUT2D eigenvalue weighted by molar-refractivity contribution is 1.14. The molecule has 8 rings (SSSR count). The molecule has 8 aromatic rings. The first-order chi connectivity index (χ1) is 22.2. The minimum absolute atomic E-state index is 1.13. The first-order valence-corrected chi connectivity index (χ1v) is 15.4. The molecule has 0 fully saturated rings. The van der Waals surface area contributed by atoms with Crippen LogP contribution in [0.4, 0.5) is 39.8 Å². The van der Waals surface area contributed by atoms with Gasteiger partial charge in [0.25, 0.3) is 0 Å². The first-order valence-electron chi connectivity index (χ1n) is 15.4. The lowest BCUT2D eigenvalue weighted by atomic mass is 9.90. The van der Waals surface area contributed by atoms with Crippen molar-refractivity contribution in [2.45, 2.75) is 0 Å². The van der Waals surface area contributed by atoms with Crippen LogP contribution < -0.4 is 14.7 Å². The smallest absolute Gasteiger partial charge is 0.0561 e. The molecule has 0 aliphatic carbocycles. The van der Waals surface area contributed by atoms with E-state index in [-0.39, 0.29) is 0 Å². The maximum Gasteiger partial charge on any atom is 0.0561 e. The lowest BCUT2D eigenvalue weighted by Gasteiger charge is -2.31. The Hall–Kier alpha value is -5.80. The zero-order valence-corrected chi connectivity index (χ0v) is 25.4. The second kappa shape index (κ2) is 11.0. The summed E-state index contributed by atoms with van der Waals surface area (Å²) in [5, 5.41) is 7.51. The summed E-state index contributed by atoms with van der Waals surface area (Å²) in [4.78, 5) is 7.00. The van der Waals surface area contributed by atoms with Crippen LogP contribution in [0.3, 0.4) is 0 Å². The third kappa shape index (κ3) is 4.52. The van der Waals surface area contributed by atoms with E-state index in [2.05, 4.69) is 193 Å². The molecule has 0 saturated carbocycles. The average molecular weight is 580 g/mol. The van der Waals surface area contributed by atoms with Crippen molar-refractivity contribution in [1.29, 1.82) is 0 Å². The van der Waals surface area contributed by atoms with Gasteiger partial charge in [-0.2, -0.15) is 0 Å². The Morgan fingerprint density at radius 2 is 0.711 bits per heavy atom. The molecule has 0 aromatic heterocycles. The van der Waals surface area contributed by atoms with Gasteiger partial charge in [0.15, 0.2) is 0 Å². The van der Waals surface area contributed by atoms with Crippen molar-refractivity contribution in [2.75, 3.05) is 28.8 Å². The zero-order chi connectivity index (χ0) is 30.3. The van der Waals surface area contributed by atoms with Crippen molar-refractivity contribution in [2.24, 2.45) is 0 Å². The monoisotopic (exact) mass is 579 g/mol. The Labute approximate surface area is 264 Å². The van der Waals surface area contributed by atoms with Gasteiger partial charge in [-0.1, -0.05) is 103 Å². The Morgan fingerprint density at radius 1 is 0.333 bits per heavy atom. The third-order valence-electron chi connectivity index (χ3n) is 8.74. The van der Waals surface area contributed by atoms with Gasteiger partial charge >= 0.3 is 0 Å². The van der Waals surface area contributed by atoms with Gasteiger partial charge in [0.1, 0.15) is 0 Å². The molecule has 0 aliphatic rings. The van der Waals surface area contributed by atoms with E-state index in [0.29, 0.717) is 0 Å². The highest BCUT2D eigenvalue weighted by Gasteiger charge is 2.23. The van der Waals surface area contributed by atoms with E-state index in [1.165, 1.54) is 38.0 Å². The highest BCUT2D eigenvalue weighted by molar-refractivity contribution is 6.30. The fraction of sp³-hybridized carbons (Fsp3) is 0.0476. The van der Waals surface area contributed by atoms with Crippen LogP contribution >= 0.6 is 0 Å². The summed E-state index contributed by atoms with van der Waals surface area (Å²) in [5.41, 5.74) is 8.03. The van der Waals surface area contributed by atoms with Gasteiger partial charge in [-0.05, 0) is 71.4 Å². The van der Waals surface area contributed by atoms with Gasteiger partial charge < -0.3 is 14.7 Å². The van der Waals surface area contributed by atoms with Crippen LogP contribution in [0.15, 0.2) is 164 Å². The van der Waals surface area contributed by atoms with Crippen LogP contribution in [0.2, 0.25) is 0 Å². The van der Waals surface area contributed by atoms with Gasteiger partial charge in [0.2, 0.25) is 0 Å². The van der Waals surface area contributed by atoms with Crippen molar-refractivity contribution in [3.05, 3.63) is 164 Å². The number of anilines is 7. The van der Waals surface area contributed by atoms with Gasteiger partial charge in [-0.3, -0.25) is 0 Å². The second-order valence-corrected chi connectivity index (χ2v) is 11.7. The van der Waals surface area contributed by atoms with Crippen molar-refractivity contribution >= 4 is 72.1 Å². The van der Waals surface area contributed by atoms with E-state index in [9.17, 15) is 0 Å². The molecular weight excluding hydrogens is 546 g/mol. The standard InChI is InChI=1S/C42H33N3/c1-43(2)39-29-40(45(33-19-11-5-12-20-33)34-21-13-6-14-22-34)37-25-23-30-24-28-38(35-26-27-36(39)42(37)41(30)35)44(31-15-7-3-8-16-31)32-17-9-4-10-18-32/h3-29H,1-2H3. The number of hydrogen-bond acceptors (Lipinski definition) is 3. The summed E-state index contributed by atoms with van der Waals surface area (Å²) in [6.07, 6.45) is 0. The number of benzene rings is 8. The third-order valence-corrected chi connectivity index (χ3v) is 8.74. The summed E-state index contributed by atoms with van der Waals surface area (Å²) in [5.74, 6) is 0. The topological polar surface area (TPSA) is 9.72 Å². The van der Waals surface area contributed by atoms with Gasteiger partial charge in [-0.15, -0.1) is 0 Å². The summed E-state index contributed by atoms with van der Waals surface area (Å²) in [6.45, 7) is 0. The lowest BCUT2D eigenvalue weighted by Crippen LogP contribution is -2.14. The highest BCUT2D eigenvalue weighted by Crippen LogP contribution is 2.49. The summed E-state index contributed by atoms with van der Waals surface area (Å²) in [6, 6.07) is 58.8. The molecule has 0 N–H and O–H groups in total. The van der Waals surface area contributed by atoms with Crippen LogP contribution in [0.5, 0.6) is 0 Å². The minimum atomic E-state index is 1.13. The predicted octanol–water partition coefficient (Wildman–Crippen LogP) is 11.6. The van der Waals surface area contributed by atoms with E-state index in [1.54, 1.807) is 0 Å². The minimum Gasteiger partial charge on any atom is -0.377 e. The maximum absolute atomic E-state index is 2.39. The molecule has 0 bridgehead atoms. The molecule has 8 aromatic carbocycles.